The lowest BCUT2D eigenvalue weighted by molar-refractivity contribution is -0.117. The van der Waals surface area contributed by atoms with Crippen LogP contribution in [0, 0.1) is 18.3 Å². The number of amides is 1. The van der Waals surface area contributed by atoms with Crippen LogP contribution in [0.25, 0.3) is 6.08 Å². The van der Waals surface area contributed by atoms with Crippen LogP contribution in [0.5, 0.6) is 17.2 Å². The van der Waals surface area contributed by atoms with Crippen molar-refractivity contribution in [1.29, 1.82) is 5.26 Å². The maximum absolute atomic E-state index is 12.5. The van der Waals surface area contributed by atoms with Crippen molar-refractivity contribution in [2.24, 2.45) is 0 Å². The summed E-state index contributed by atoms with van der Waals surface area (Å²) in [7, 11) is 0. The molecule has 0 bridgehead atoms. The highest BCUT2D eigenvalue weighted by Gasteiger charge is 2.14. The molecule has 0 atom stereocenters. The highest BCUT2D eigenvalue weighted by atomic mass is 79.9. The molecule has 180 valence electrons. The van der Waals surface area contributed by atoms with Crippen molar-refractivity contribution in [2.75, 3.05) is 19.8 Å². The Hall–Kier alpha value is -3.76. The van der Waals surface area contributed by atoms with Gasteiger partial charge in [-0.25, -0.2) is 0 Å². The summed E-state index contributed by atoms with van der Waals surface area (Å²) in [5.41, 5.74) is 2.64. The van der Waals surface area contributed by atoms with Crippen LogP contribution in [0.1, 0.15) is 23.6 Å². The van der Waals surface area contributed by atoms with E-state index in [1.54, 1.807) is 12.1 Å². The van der Waals surface area contributed by atoms with Gasteiger partial charge in [-0.05, 0) is 70.7 Å². The van der Waals surface area contributed by atoms with Crippen molar-refractivity contribution in [3.63, 3.8) is 0 Å². The summed E-state index contributed by atoms with van der Waals surface area (Å²) in [6, 6.07) is 22.8. The number of aryl methyl sites for hydroxylation is 1. The quantitative estimate of drug-likeness (QED) is 0.190. The van der Waals surface area contributed by atoms with Crippen molar-refractivity contribution in [1.82, 2.24) is 5.32 Å². The van der Waals surface area contributed by atoms with Gasteiger partial charge in [0.1, 0.15) is 30.6 Å². The van der Waals surface area contributed by atoms with Gasteiger partial charge in [0, 0.05) is 6.54 Å². The predicted molar refractivity (Wildman–Crippen MR) is 139 cm³/mol. The van der Waals surface area contributed by atoms with Crippen molar-refractivity contribution in [2.45, 2.75) is 20.4 Å². The van der Waals surface area contributed by atoms with E-state index >= 15 is 0 Å². The third-order valence-corrected chi connectivity index (χ3v) is 5.57. The number of ether oxygens (including phenoxy) is 3. The van der Waals surface area contributed by atoms with E-state index in [0.717, 1.165) is 16.9 Å². The van der Waals surface area contributed by atoms with E-state index in [1.807, 2.05) is 74.5 Å². The third kappa shape index (κ3) is 7.62. The first-order valence-corrected chi connectivity index (χ1v) is 12.0. The highest BCUT2D eigenvalue weighted by Crippen LogP contribution is 2.37. The molecule has 6 nitrogen and oxygen atoms in total. The molecule has 0 aromatic heterocycles. The Morgan fingerprint density at radius 2 is 1.71 bits per heavy atom. The van der Waals surface area contributed by atoms with Gasteiger partial charge in [-0.1, -0.05) is 48.5 Å². The number of rotatable bonds is 11. The van der Waals surface area contributed by atoms with Crippen LogP contribution in [-0.2, 0) is 11.3 Å². The minimum absolute atomic E-state index is 0.00409. The van der Waals surface area contributed by atoms with Crippen molar-refractivity contribution < 1.29 is 19.0 Å². The summed E-state index contributed by atoms with van der Waals surface area (Å²) in [6.45, 7) is 5.31. The monoisotopic (exact) mass is 534 g/mol. The maximum Gasteiger partial charge on any atom is 0.262 e. The molecule has 3 aromatic rings. The van der Waals surface area contributed by atoms with Crippen molar-refractivity contribution in [3.8, 4) is 23.3 Å². The molecule has 0 heterocycles. The van der Waals surface area contributed by atoms with Crippen LogP contribution < -0.4 is 19.5 Å². The van der Waals surface area contributed by atoms with Crippen molar-refractivity contribution in [3.05, 3.63) is 93.5 Å². The molecule has 3 aromatic carbocycles. The summed E-state index contributed by atoms with van der Waals surface area (Å²) in [5.74, 6) is 1.41. The number of carbonyl (C=O) groups excluding carboxylic acids is 1. The molecule has 0 aliphatic heterocycles. The van der Waals surface area contributed by atoms with Gasteiger partial charge in [-0.2, -0.15) is 5.26 Å². The first-order chi connectivity index (χ1) is 17.0. The Morgan fingerprint density at radius 3 is 2.43 bits per heavy atom. The summed E-state index contributed by atoms with van der Waals surface area (Å²) in [5, 5.41) is 12.3. The van der Waals surface area contributed by atoms with Crippen LogP contribution in [0.4, 0.5) is 0 Å². The van der Waals surface area contributed by atoms with Crippen LogP contribution >= 0.6 is 15.9 Å². The van der Waals surface area contributed by atoms with E-state index in [1.165, 1.54) is 6.08 Å². The summed E-state index contributed by atoms with van der Waals surface area (Å²) in [4.78, 5) is 12.5. The highest BCUT2D eigenvalue weighted by molar-refractivity contribution is 9.10. The SMILES string of the molecule is CCOc1cc(/C=C(\C#N)C(=O)NCc2ccccc2)cc(Br)c1OCCOc1ccccc1C. The van der Waals surface area contributed by atoms with Gasteiger partial charge in [-0.3, -0.25) is 4.79 Å². The van der Waals surface area contributed by atoms with Gasteiger partial charge in [0.25, 0.3) is 5.91 Å². The van der Waals surface area contributed by atoms with Crippen LogP contribution in [0.15, 0.2) is 76.8 Å². The molecule has 0 aliphatic carbocycles. The molecule has 0 saturated heterocycles. The number of hydrogen-bond acceptors (Lipinski definition) is 5. The standard InChI is InChI=1S/C28H27BrN2O4/c1-3-33-26-17-22(15-23(18-30)28(32)31-19-21-10-5-4-6-11-21)16-24(29)27(26)35-14-13-34-25-12-8-7-9-20(25)2/h4-12,15-17H,3,13-14,19H2,1-2H3,(H,31,32)/b23-15+. The number of halogens is 1. The zero-order valence-corrected chi connectivity index (χ0v) is 21.3. The molecule has 1 amide bonds. The Balaban J connectivity index is 1.69. The van der Waals surface area contributed by atoms with E-state index < -0.39 is 5.91 Å². The van der Waals surface area contributed by atoms with Gasteiger partial charge in [0.15, 0.2) is 11.5 Å². The fourth-order valence-electron chi connectivity index (χ4n) is 3.28. The van der Waals surface area contributed by atoms with E-state index in [9.17, 15) is 10.1 Å². The topological polar surface area (TPSA) is 80.6 Å². The van der Waals surface area contributed by atoms with Crippen LogP contribution in [0.2, 0.25) is 0 Å². The van der Waals surface area contributed by atoms with Gasteiger partial charge in [0.05, 0.1) is 11.1 Å². The van der Waals surface area contributed by atoms with Crippen LogP contribution in [-0.4, -0.2) is 25.7 Å². The van der Waals surface area contributed by atoms with Gasteiger partial charge in [-0.15, -0.1) is 0 Å². The molecule has 7 heteroatoms. The molecule has 0 radical (unpaired) electrons. The lowest BCUT2D eigenvalue weighted by Gasteiger charge is -2.15. The molecule has 1 N–H and O–H groups in total. The largest absolute Gasteiger partial charge is 0.490 e. The smallest absolute Gasteiger partial charge is 0.262 e. The fraction of sp³-hybridized carbons (Fsp3) is 0.214. The van der Waals surface area contributed by atoms with Crippen LogP contribution in [0.3, 0.4) is 0 Å². The molecule has 0 unspecified atom stereocenters. The third-order valence-electron chi connectivity index (χ3n) is 4.98. The molecule has 0 fully saturated rings. The lowest BCUT2D eigenvalue weighted by Crippen LogP contribution is -2.23. The zero-order chi connectivity index (χ0) is 25.0. The Labute approximate surface area is 214 Å². The second kappa shape index (κ2) is 13.2. The lowest BCUT2D eigenvalue weighted by atomic mass is 10.1. The average molecular weight is 535 g/mol. The number of benzene rings is 3. The van der Waals surface area contributed by atoms with E-state index in [0.29, 0.717) is 47.9 Å². The number of hydrogen-bond donors (Lipinski definition) is 1. The number of nitrogens with one attached hydrogen (secondary N) is 1. The van der Waals surface area contributed by atoms with Gasteiger partial charge in [0.2, 0.25) is 0 Å². The number of nitrogens with zero attached hydrogens (tertiary/aromatic N) is 1. The average Bonchev–Trinajstić information content (AvgIpc) is 2.86. The number of carbonyl (C=O) groups is 1. The first kappa shape index (κ1) is 25.9. The molecule has 0 saturated carbocycles. The maximum atomic E-state index is 12.5. The second-order valence-corrected chi connectivity index (χ2v) is 8.42. The summed E-state index contributed by atoms with van der Waals surface area (Å²) in [6.07, 6.45) is 1.53. The zero-order valence-electron chi connectivity index (χ0n) is 19.7. The molecular weight excluding hydrogens is 508 g/mol. The van der Waals surface area contributed by atoms with E-state index in [-0.39, 0.29) is 5.57 Å². The summed E-state index contributed by atoms with van der Waals surface area (Å²) < 4.78 is 18.2. The number of nitriles is 1. The molecular formula is C28H27BrN2O4. The first-order valence-electron chi connectivity index (χ1n) is 11.2. The second-order valence-electron chi connectivity index (χ2n) is 7.56. The normalized spacial score (nSPS) is 10.9. The summed E-state index contributed by atoms with van der Waals surface area (Å²) >= 11 is 3.53. The van der Waals surface area contributed by atoms with Gasteiger partial charge < -0.3 is 19.5 Å². The minimum Gasteiger partial charge on any atom is -0.490 e. The molecule has 35 heavy (non-hydrogen) atoms. The minimum atomic E-state index is -0.445. The molecule has 0 spiro atoms. The van der Waals surface area contributed by atoms with Gasteiger partial charge >= 0.3 is 0 Å². The fourth-order valence-corrected chi connectivity index (χ4v) is 3.85. The Kier molecular flexibility index (Phi) is 9.76. The predicted octanol–water partition coefficient (Wildman–Crippen LogP) is 5.84. The van der Waals surface area contributed by atoms with Crippen molar-refractivity contribution >= 4 is 27.9 Å². The Bertz CT molecular complexity index is 1220. The number of para-hydroxylation sites is 1. The molecule has 0 aliphatic rings. The molecule has 3 rings (SSSR count). The van der Waals surface area contributed by atoms with E-state index in [2.05, 4.69) is 21.2 Å². The Morgan fingerprint density at radius 1 is 1.00 bits per heavy atom. The van der Waals surface area contributed by atoms with E-state index in [4.69, 9.17) is 14.2 Å².